The van der Waals surface area contributed by atoms with Crippen LogP contribution in [-0.4, -0.2) is 5.78 Å². The first-order valence-electron chi connectivity index (χ1n) is 2.50. The quantitative estimate of drug-likeness (QED) is 0.556. The minimum atomic E-state index is 0. The summed E-state index contributed by atoms with van der Waals surface area (Å²) in [6.45, 7) is 7.22. The fourth-order valence-electron chi connectivity index (χ4n) is 0.289. The zero-order valence-electron chi connectivity index (χ0n) is 5.20. The fraction of sp³-hybridized carbons (Fsp3) is 0.667. The van der Waals surface area contributed by atoms with Gasteiger partial charge in [0, 0.05) is 5.92 Å². The van der Waals surface area contributed by atoms with E-state index in [-0.39, 0.29) is 34.1 Å². The van der Waals surface area contributed by atoms with Crippen molar-refractivity contribution in [3.8, 4) is 0 Å². The zero-order valence-corrected chi connectivity index (χ0v) is 7.37. The van der Waals surface area contributed by atoms with Crippen molar-refractivity contribution < 1.29 is 27.2 Å². The van der Waals surface area contributed by atoms with Gasteiger partial charge in [-0.3, -0.25) is 0 Å². The molecular formula is C6H11AuO. The molecule has 0 saturated carbocycles. The van der Waals surface area contributed by atoms with Gasteiger partial charge in [0.2, 0.25) is 0 Å². The van der Waals surface area contributed by atoms with Gasteiger partial charge in [0.15, 0.2) is 0 Å². The Hall–Kier alpha value is 0.410. The Bertz CT molecular complexity index is 68.9. The summed E-state index contributed by atoms with van der Waals surface area (Å²) in [5, 5.41) is 0. The summed E-state index contributed by atoms with van der Waals surface area (Å²) in [6.07, 6.45) is 0.428. The average Bonchev–Trinajstić information content (AvgIpc) is 1.65. The monoisotopic (exact) mass is 296 g/mol. The molecule has 0 aromatic carbocycles. The van der Waals surface area contributed by atoms with E-state index in [2.05, 4.69) is 6.92 Å². The van der Waals surface area contributed by atoms with Crippen molar-refractivity contribution in [2.45, 2.75) is 20.3 Å². The maximum absolute atomic E-state index is 10.4. The van der Waals surface area contributed by atoms with E-state index in [1.54, 1.807) is 0 Å². The summed E-state index contributed by atoms with van der Waals surface area (Å²) in [6, 6.07) is 0. The fourth-order valence-corrected chi connectivity index (χ4v) is 0.289. The Morgan fingerprint density at radius 3 is 2.00 bits per heavy atom. The number of carbonyl (C=O) groups excluding carboxylic acids is 1. The summed E-state index contributed by atoms with van der Waals surface area (Å²) in [5.41, 5.74) is 0. The predicted octanol–water partition coefficient (Wildman–Crippen LogP) is 1.43. The van der Waals surface area contributed by atoms with E-state index in [1.165, 1.54) is 0 Å². The molecule has 0 aliphatic carbocycles. The first-order valence-corrected chi connectivity index (χ1v) is 2.50. The Balaban J connectivity index is 0. The number of ketones is 1. The third-order valence-corrected chi connectivity index (χ3v) is 0.890. The number of hydrogen-bond acceptors (Lipinski definition) is 1. The zero-order chi connectivity index (χ0) is 5.86. The molecule has 0 rings (SSSR count). The molecule has 0 heterocycles. The molecule has 0 radical (unpaired) electrons. The maximum atomic E-state index is 10.4. The van der Waals surface area contributed by atoms with Gasteiger partial charge in [-0.15, -0.1) is 6.42 Å². The van der Waals surface area contributed by atoms with Gasteiger partial charge in [0.25, 0.3) is 0 Å². The van der Waals surface area contributed by atoms with Gasteiger partial charge < -0.3 is 11.7 Å². The van der Waals surface area contributed by atoms with Gasteiger partial charge in [0.1, 0.15) is 5.78 Å². The van der Waals surface area contributed by atoms with E-state index in [4.69, 9.17) is 0 Å². The number of rotatable bonds is 2. The van der Waals surface area contributed by atoms with E-state index in [9.17, 15) is 4.79 Å². The number of carbonyl (C=O) groups is 1. The van der Waals surface area contributed by atoms with E-state index in [0.717, 1.165) is 0 Å². The summed E-state index contributed by atoms with van der Waals surface area (Å²) >= 11 is 0. The summed E-state index contributed by atoms with van der Waals surface area (Å²) in [4.78, 5) is 10.4. The Kier molecular flexibility index (Phi) is 7.79. The van der Waals surface area contributed by atoms with Crippen LogP contribution in [0.4, 0.5) is 0 Å². The van der Waals surface area contributed by atoms with Gasteiger partial charge in [-0.25, -0.2) is 0 Å². The first-order chi connectivity index (χ1) is 3.18. The molecule has 0 amide bonds. The number of hydrogen-bond donors (Lipinski definition) is 0. The molecule has 0 bridgehead atoms. The Labute approximate surface area is 66.4 Å². The van der Waals surface area contributed by atoms with Crippen LogP contribution in [0.25, 0.3) is 0 Å². The molecule has 0 aromatic heterocycles. The molecule has 0 unspecified atom stereocenters. The van der Waals surface area contributed by atoms with Crippen LogP contribution >= 0.6 is 0 Å². The van der Waals surface area contributed by atoms with Gasteiger partial charge in [-0.2, -0.15) is 0 Å². The molecule has 0 fully saturated rings. The second kappa shape index (κ2) is 5.55. The van der Waals surface area contributed by atoms with E-state index >= 15 is 0 Å². The second-order valence-corrected chi connectivity index (χ2v) is 1.87. The van der Waals surface area contributed by atoms with Crippen molar-refractivity contribution in [1.82, 2.24) is 0 Å². The van der Waals surface area contributed by atoms with E-state index < -0.39 is 0 Å². The average molecular weight is 296 g/mol. The van der Waals surface area contributed by atoms with Crippen molar-refractivity contribution in [2.75, 3.05) is 0 Å². The summed E-state index contributed by atoms with van der Waals surface area (Å²) < 4.78 is 0. The van der Waals surface area contributed by atoms with Crippen molar-refractivity contribution >= 4 is 5.78 Å². The molecule has 8 heavy (non-hydrogen) atoms. The third kappa shape index (κ3) is 4.57. The molecule has 1 nitrogen and oxygen atoms in total. The molecular weight excluding hydrogens is 285 g/mol. The maximum Gasteiger partial charge on any atom is 1.00 e. The third-order valence-electron chi connectivity index (χ3n) is 0.890. The Morgan fingerprint density at radius 2 is 2.00 bits per heavy atom. The molecule has 2 heteroatoms. The van der Waals surface area contributed by atoms with Crippen LogP contribution in [0.3, 0.4) is 0 Å². The van der Waals surface area contributed by atoms with Crippen molar-refractivity contribution in [3.63, 3.8) is 0 Å². The topological polar surface area (TPSA) is 17.1 Å². The molecule has 0 aliphatic rings. The molecule has 52 valence electrons. The predicted molar refractivity (Wildman–Crippen MR) is 29.8 cm³/mol. The van der Waals surface area contributed by atoms with Gasteiger partial charge in [-0.1, -0.05) is 13.8 Å². The van der Waals surface area contributed by atoms with Crippen LogP contribution in [0.2, 0.25) is 0 Å². The van der Waals surface area contributed by atoms with Gasteiger partial charge >= 0.3 is 22.4 Å². The van der Waals surface area contributed by atoms with E-state index in [1.807, 2.05) is 13.8 Å². The van der Waals surface area contributed by atoms with Gasteiger partial charge in [-0.05, 0) is 0 Å². The van der Waals surface area contributed by atoms with Crippen LogP contribution in [0, 0.1) is 12.8 Å². The largest absolute Gasteiger partial charge is 1.00 e. The van der Waals surface area contributed by atoms with Crippen LogP contribution in [0.5, 0.6) is 0 Å². The minimum absolute atomic E-state index is 0. The van der Waals surface area contributed by atoms with Crippen LogP contribution in [-0.2, 0) is 27.2 Å². The minimum Gasteiger partial charge on any atom is -0.336 e. The molecule has 0 saturated heterocycles. The SMILES string of the molecule is [Au+].[CH2-]CC(=O)C(C)C. The van der Waals surface area contributed by atoms with Crippen molar-refractivity contribution in [3.05, 3.63) is 6.92 Å². The summed E-state index contributed by atoms with van der Waals surface area (Å²) in [7, 11) is 0. The molecule has 0 aliphatic heterocycles. The van der Waals surface area contributed by atoms with Crippen molar-refractivity contribution in [1.29, 1.82) is 0 Å². The smallest absolute Gasteiger partial charge is 0.336 e. The molecule has 0 atom stereocenters. The van der Waals surface area contributed by atoms with Gasteiger partial charge in [0.05, 0.1) is 0 Å². The first kappa shape index (κ1) is 11.2. The van der Waals surface area contributed by atoms with Crippen LogP contribution in [0.15, 0.2) is 0 Å². The normalized spacial score (nSPS) is 8.50. The second-order valence-electron chi connectivity index (χ2n) is 1.87. The molecule has 0 spiro atoms. The standard InChI is InChI=1S/C6H11O.Au/c1-4-6(7)5(2)3;/h5H,1,4H2,2-3H3;/q-1;+1. The molecule has 0 aromatic rings. The molecule has 0 N–H and O–H groups in total. The van der Waals surface area contributed by atoms with Crippen LogP contribution in [0.1, 0.15) is 20.3 Å². The van der Waals surface area contributed by atoms with Crippen LogP contribution < -0.4 is 0 Å². The van der Waals surface area contributed by atoms with Crippen molar-refractivity contribution in [2.24, 2.45) is 5.92 Å². The summed E-state index contributed by atoms with van der Waals surface area (Å²) in [5.74, 6) is 0.400. The van der Waals surface area contributed by atoms with E-state index in [0.29, 0.717) is 6.42 Å². The number of Topliss-reactive ketones (excluding diaryl/α,β-unsaturated/α-hetero) is 1. The Morgan fingerprint density at radius 1 is 1.62 bits per heavy atom.